The Balaban J connectivity index is 1.13. The number of benzene rings is 9. The highest BCUT2D eigenvalue weighted by molar-refractivity contribution is 6.74. The molecular formula is C56H40BN2. The number of nitrogens with one attached hydrogen (secondary N) is 1. The Kier molecular flexibility index (Phi) is 6.42. The highest BCUT2D eigenvalue weighted by Crippen LogP contribution is 2.54. The molecule has 10 aromatic rings. The number of para-hydroxylation sites is 1. The van der Waals surface area contributed by atoms with E-state index in [0.717, 1.165) is 5.52 Å². The van der Waals surface area contributed by atoms with E-state index in [9.17, 15) is 0 Å². The summed E-state index contributed by atoms with van der Waals surface area (Å²) in [4.78, 5) is 6.52. The van der Waals surface area contributed by atoms with Crippen LogP contribution in [0.2, 0.25) is 0 Å². The zero-order valence-corrected chi connectivity index (χ0v) is 33.6. The monoisotopic (exact) mass is 751 g/mol. The smallest absolute Gasteiger partial charge is 0.197 e. The van der Waals surface area contributed by atoms with Crippen LogP contribution in [-0.2, 0) is 10.8 Å². The molecule has 1 N–H and O–H groups in total. The molecule has 1 aliphatic heterocycles. The molecule has 2 aliphatic carbocycles. The van der Waals surface area contributed by atoms with Crippen LogP contribution in [0.4, 0.5) is 17.1 Å². The van der Waals surface area contributed by atoms with Crippen LogP contribution in [0, 0.1) is 0 Å². The van der Waals surface area contributed by atoms with Crippen molar-refractivity contribution in [2.24, 2.45) is 0 Å². The second-order valence-corrected chi connectivity index (χ2v) is 18.0. The molecule has 1 radical (unpaired) electrons. The lowest BCUT2D eigenvalue weighted by molar-refractivity contribution is 0.660. The van der Waals surface area contributed by atoms with Crippen LogP contribution in [-0.4, -0.2) is 12.3 Å². The first-order chi connectivity index (χ1) is 28.8. The van der Waals surface area contributed by atoms with Crippen LogP contribution in [0.25, 0.3) is 76.7 Å². The van der Waals surface area contributed by atoms with Gasteiger partial charge in [-0.2, -0.15) is 0 Å². The van der Waals surface area contributed by atoms with E-state index in [0.29, 0.717) is 0 Å². The Morgan fingerprint density at radius 1 is 0.458 bits per heavy atom. The Labute approximate surface area is 345 Å². The normalized spacial score (nSPS) is 15.2. The van der Waals surface area contributed by atoms with E-state index >= 15 is 0 Å². The SMILES string of the molecule is CC1(C)c2ccccc2-c2cc(N3c4cc5c(cc4[B]c4c(-c6cccc7c6[nH]c6ccc8ccccc8c67)cc6ccccc6c43)C(C)(C)c3ccccc3-5)ccc21. The van der Waals surface area contributed by atoms with Gasteiger partial charge in [0.15, 0.2) is 7.28 Å². The topological polar surface area (TPSA) is 19.0 Å². The molecule has 13 rings (SSSR count). The van der Waals surface area contributed by atoms with Crippen molar-refractivity contribution in [2.45, 2.75) is 38.5 Å². The van der Waals surface area contributed by atoms with E-state index in [1.165, 1.54) is 121 Å². The Morgan fingerprint density at radius 2 is 1.08 bits per heavy atom. The standard InChI is InChI=1S/C56H40BN2/c1-55(2)44-22-11-9-18-37(44)41-29-34(25-26-46(41)55)59-50-30-42-38-19-10-12-23-45(38)56(3,4)47(42)31-48(50)57-52-43(28-33-15-6-8-17-36(33)54(52)59)39-20-13-21-40-51-35-16-7-5-14-32(35)24-27-49(51)58-53(39)40/h5-31,58H,1-4H3. The number of aromatic nitrogens is 1. The van der Waals surface area contributed by atoms with Crippen LogP contribution in [0.15, 0.2) is 164 Å². The predicted molar refractivity (Wildman–Crippen MR) is 251 cm³/mol. The number of nitrogens with zero attached hydrogens (tertiary/aromatic N) is 1. The maximum Gasteiger partial charge on any atom is 0.197 e. The summed E-state index contributed by atoms with van der Waals surface area (Å²) in [6, 6.07) is 61.7. The molecule has 0 saturated carbocycles. The molecule has 0 amide bonds. The Bertz CT molecular complexity index is 3490. The maximum atomic E-state index is 3.93. The summed E-state index contributed by atoms with van der Waals surface area (Å²) in [6.45, 7) is 9.51. The molecule has 0 fully saturated rings. The van der Waals surface area contributed by atoms with Crippen molar-refractivity contribution in [3.63, 3.8) is 0 Å². The summed E-state index contributed by atoms with van der Waals surface area (Å²) in [7, 11) is 2.49. The van der Waals surface area contributed by atoms with Gasteiger partial charge in [0.05, 0.1) is 5.52 Å². The molecular weight excluding hydrogens is 711 g/mol. The van der Waals surface area contributed by atoms with Crippen molar-refractivity contribution in [1.82, 2.24) is 4.98 Å². The molecule has 1 aromatic heterocycles. The third-order valence-corrected chi connectivity index (χ3v) is 14.2. The Morgan fingerprint density at radius 3 is 1.88 bits per heavy atom. The minimum absolute atomic E-state index is 0.0739. The quantitative estimate of drug-likeness (QED) is 0.174. The van der Waals surface area contributed by atoms with E-state index in [4.69, 9.17) is 0 Å². The first kappa shape index (κ1) is 33.2. The fourth-order valence-electron chi connectivity index (χ4n) is 11.3. The first-order valence-electron chi connectivity index (χ1n) is 20.9. The summed E-state index contributed by atoms with van der Waals surface area (Å²) < 4.78 is 0. The highest BCUT2D eigenvalue weighted by atomic mass is 15.2. The fourth-order valence-corrected chi connectivity index (χ4v) is 11.3. The molecule has 0 unspecified atom stereocenters. The van der Waals surface area contributed by atoms with Crippen LogP contribution >= 0.6 is 0 Å². The second-order valence-electron chi connectivity index (χ2n) is 18.0. The van der Waals surface area contributed by atoms with Gasteiger partial charge < -0.3 is 9.88 Å². The largest absolute Gasteiger partial charge is 0.354 e. The Hall–Kier alpha value is -6.84. The summed E-state index contributed by atoms with van der Waals surface area (Å²) in [5.74, 6) is 0. The van der Waals surface area contributed by atoms with Gasteiger partial charge in [0, 0.05) is 55.1 Å². The van der Waals surface area contributed by atoms with Crippen molar-refractivity contribution < 1.29 is 0 Å². The highest BCUT2D eigenvalue weighted by Gasteiger charge is 2.40. The average molecular weight is 752 g/mol. The van der Waals surface area contributed by atoms with E-state index in [1.807, 2.05) is 0 Å². The number of fused-ring (bicyclic) bond motifs is 15. The molecule has 0 saturated heterocycles. The maximum absolute atomic E-state index is 3.93. The number of hydrogen-bond donors (Lipinski definition) is 1. The molecule has 277 valence electrons. The minimum atomic E-state index is -0.117. The fraction of sp³-hybridized carbons (Fsp3) is 0.107. The zero-order valence-electron chi connectivity index (χ0n) is 33.6. The molecule has 3 heteroatoms. The van der Waals surface area contributed by atoms with Crippen LogP contribution in [0.5, 0.6) is 0 Å². The lowest BCUT2D eigenvalue weighted by Gasteiger charge is -2.37. The average Bonchev–Trinajstić information content (AvgIpc) is 3.84. The summed E-state index contributed by atoms with van der Waals surface area (Å²) in [5.41, 5.74) is 21.5. The van der Waals surface area contributed by atoms with Crippen LogP contribution < -0.4 is 15.8 Å². The summed E-state index contributed by atoms with van der Waals surface area (Å²) in [5, 5.41) is 7.53. The van der Waals surface area contributed by atoms with Gasteiger partial charge in [-0.25, -0.2) is 0 Å². The second kappa shape index (κ2) is 11.4. The van der Waals surface area contributed by atoms with Crippen molar-refractivity contribution in [3.05, 3.63) is 186 Å². The van der Waals surface area contributed by atoms with E-state index in [-0.39, 0.29) is 10.8 Å². The van der Waals surface area contributed by atoms with Crippen molar-refractivity contribution >= 4 is 78.6 Å². The first-order valence-corrected chi connectivity index (χ1v) is 20.9. The molecule has 0 spiro atoms. The number of rotatable bonds is 2. The third-order valence-electron chi connectivity index (χ3n) is 14.2. The van der Waals surface area contributed by atoms with Crippen LogP contribution in [0.3, 0.4) is 0 Å². The number of H-pyrrole nitrogens is 1. The van der Waals surface area contributed by atoms with Crippen molar-refractivity contribution in [1.29, 1.82) is 0 Å². The van der Waals surface area contributed by atoms with Gasteiger partial charge in [-0.3, -0.25) is 0 Å². The molecule has 2 nitrogen and oxygen atoms in total. The summed E-state index contributed by atoms with van der Waals surface area (Å²) in [6.07, 6.45) is 0. The molecule has 59 heavy (non-hydrogen) atoms. The van der Waals surface area contributed by atoms with Crippen LogP contribution in [0.1, 0.15) is 49.9 Å². The van der Waals surface area contributed by atoms with E-state index in [1.54, 1.807) is 0 Å². The molecule has 9 aromatic carbocycles. The van der Waals surface area contributed by atoms with Gasteiger partial charge in [-0.05, 0) is 102 Å². The lowest BCUT2D eigenvalue weighted by Crippen LogP contribution is -2.41. The van der Waals surface area contributed by atoms with E-state index < -0.39 is 0 Å². The minimum Gasteiger partial charge on any atom is -0.354 e. The number of anilines is 3. The van der Waals surface area contributed by atoms with Gasteiger partial charge >= 0.3 is 0 Å². The van der Waals surface area contributed by atoms with Crippen molar-refractivity contribution in [3.8, 4) is 33.4 Å². The van der Waals surface area contributed by atoms with Crippen molar-refractivity contribution in [2.75, 3.05) is 4.90 Å². The molecule has 0 atom stereocenters. The summed E-state index contributed by atoms with van der Waals surface area (Å²) >= 11 is 0. The van der Waals surface area contributed by atoms with Gasteiger partial charge in [0.1, 0.15) is 0 Å². The van der Waals surface area contributed by atoms with Gasteiger partial charge in [0.25, 0.3) is 0 Å². The predicted octanol–water partition coefficient (Wildman–Crippen LogP) is 13.3. The number of aromatic amines is 1. The number of hydrogen-bond acceptors (Lipinski definition) is 1. The van der Waals surface area contributed by atoms with E-state index in [2.05, 4.69) is 209 Å². The molecule has 2 heterocycles. The van der Waals surface area contributed by atoms with Gasteiger partial charge in [-0.1, -0.05) is 167 Å². The van der Waals surface area contributed by atoms with Gasteiger partial charge in [-0.15, -0.1) is 0 Å². The molecule has 3 aliphatic rings. The molecule has 0 bridgehead atoms. The third kappa shape index (κ3) is 4.32. The lowest BCUT2D eigenvalue weighted by atomic mass is 9.57. The van der Waals surface area contributed by atoms with Gasteiger partial charge in [0.2, 0.25) is 0 Å². The zero-order chi connectivity index (χ0) is 39.4.